The molecule has 0 saturated heterocycles. The van der Waals surface area contributed by atoms with Gasteiger partial charge in [-0.1, -0.05) is 37.6 Å². The number of nitrogens with one attached hydrogen (secondary N) is 1. The van der Waals surface area contributed by atoms with E-state index in [2.05, 4.69) is 5.32 Å². The number of rotatable bonds is 7. The molecule has 0 fully saturated rings. The van der Waals surface area contributed by atoms with Gasteiger partial charge >= 0.3 is 0 Å². The summed E-state index contributed by atoms with van der Waals surface area (Å²) in [5, 5.41) is 12.6. The SMILES string of the molecule is CC(C)(CO)CNC(=O)CCSc1ccccc1Cl. The van der Waals surface area contributed by atoms with Gasteiger partial charge in [-0.05, 0) is 12.1 Å². The number of carbonyl (C=O) groups excluding carboxylic acids is 1. The van der Waals surface area contributed by atoms with Crippen molar-refractivity contribution in [2.24, 2.45) is 5.41 Å². The number of aliphatic hydroxyl groups is 1. The lowest BCUT2D eigenvalue weighted by Gasteiger charge is -2.21. The number of thioether (sulfide) groups is 1. The van der Waals surface area contributed by atoms with E-state index in [1.54, 1.807) is 11.8 Å². The van der Waals surface area contributed by atoms with Gasteiger partial charge in [0.2, 0.25) is 5.91 Å². The number of carbonyl (C=O) groups is 1. The molecule has 0 aliphatic carbocycles. The summed E-state index contributed by atoms with van der Waals surface area (Å²) < 4.78 is 0. The molecular formula is C14H20ClNO2S. The van der Waals surface area contributed by atoms with Crippen LogP contribution in [0.1, 0.15) is 20.3 Å². The van der Waals surface area contributed by atoms with E-state index < -0.39 is 0 Å². The molecule has 0 spiro atoms. The summed E-state index contributed by atoms with van der Waals surface area (Å²) in [6, 6.07) is 7.60. The summed E-state index contributed by atoms with van der Waals surface area (Å²) in [6.45, 7) is 4.36. The molecule has 1 aromatic carbocycles. The Kier molecular flexibility index (Phi) is 6.69. The van der Waals surface area contributed by atoms with Crippen LogP contribution in [-0.2, 0) is 4.79 Å². The van der Waals surface area contributed by atoms with Gasteiger partial charge in [0.1, 0.15) is 0 Å². The van der Waals surface area contributed by atoms with E-state index in [1.165, 1.54) is 0 Å². The predicted molar refractivity (Wildman–Crippen MR) is 80.7 cm³/mol. The molecule has 0 aromatic heterocycles. The lowest BCUT2D eigenvalue weighted by Crippen LogP contribution is -2.36. The Balaban J connectivity index is 2.26. The second kappa shape index (κ2) is 7.78. The van der Waals surface area contributed by atoms with Crippen LogP contribution in [0.25, 0.3) is 0 Å². The number of aliphatic hydroxyl groups excluding tert-OH is 1. The topological polar surface area (TPSA) is 49.3 Å². The van der Waals surface area contributed by atoms with E-state index in [9.17, 15) is 4.79 Å². The Bertz CT molecular complexity index is 424. The number of benzene rings is 1. The number of hydrogen-bond acceptors (Lipinski definition) is 3. The first-order valence-electron chi connectivity index (χ1n) is 6.19. The maximum Gasteiger partial charge on any atom is 0.220 e. The first-order chi connectivity index (χ1) is 8.94. The van der Waals surface area contributed by atoms with E-state index in [-0.39, 0.29) is 17.9 Å². The Morgan fingerprint density at radius 2 is 2.11 bits per heavy atom. The van der Waals surface area contributed by atoms with Crippen LogP contribution in [0.15, 0.2) is 29.2 Å². The van der Waals surface area contributed by atoms with Crippen molar-refractivity contribution >= 4 is 29.3 Å². The molecule has 2 N–H and O–H groups in total. The molecule has 1 amide bonds. The molecule has 0 saturated carbocycles. The quantitative estimate of drug-likeness (QED) is 0.761. The van der Waals surface area contributed by atoms with E-state index in [1.807, 2.05) is 38.1 Å². The molecule has 0 aliphatic heterocycles. The second-order valence-electron chi connectivity index (χ2n) is 5.13. The molecule has 1 aromatic rings. The van der Waals surface area contributed by atoms with Crippen LogP contribution < -0.4 is 5.32 Å². The highest BCUT2D eigenvalue weighted by atomic mass is 35.5. The maximum atomic E-state index is 11.6. The summed E-state index contributed by atoms with van der Waals surface area (Å²) in [6.07, 6.45) is 0.442. The Morgan fingerprint density at radius 1 is 1.42 bits per heavy atom. The van der Waals surface area contributed by atoms with Gasteiger partial charge in [-0.25, -0.2) is 0 Å². The van der Waals surface area contributed by atoms with Crippen molar-refractivity contribution in [2.75, 3.05) is 18.9 Å². The molecule has 0 unspecified atom stereocenters. The van der Waals surface area contributed by atoms with Crippen molar-refractivity contribution < 1.29 is 9.90 Å². The number of halogens is 1. The van der Waals surface area contributed by atoms with Gasteiger partial charge in [0.05, 0.1) is 5.02 Å². The zero-order valence-electron chi connectivity index (χ0n) is 11.3. The first kappa shape index (κ1) is 16.3. The fourth-order valence-corrected chi connectivity index (χ4v) is 2.49. The third-order valence-corrected chi connectivity index (χ3v) is 4.13. The van der Waals surface area contributed by atoms with Gasteiger partial charge in [-0.2, -0.15) is 0 Å². The van der Waals surface area contributed by atoms with Gasteiger partial charge in [0, 0.05) is 35.6 Å². The van der Waals surface area contributed by atoms with Crippen molar-refractivity contribution in [3.8, 4) is 0 Å². The lowest BCUT2D eigenvalue weighted by atomic mass is 9.95. The van der Waals surface area contributed by atoms with Crippen LogP contribution in [0.2, 0.25) is 5.02 Å². The van der Waals surface area contributed by atoms with Crippen molar-refractivity contribution in [1.29, 1.82) is 0 Å². The van der Waals surface area contributed by atoms with E-state index in [0.717, 1.165) is 4.90 Å². The summed E-state index contributed by atoms with van der Waals surface area (Å²) in [4.78, 5) is 12.6. The predicted octanol–water partition coefficient (Wildman–Crippen LogP) is 2.96. The van der Waals surface area contributed by atoms with E-state index in [4.69, 9.17) is 16.7 Å². The Hall–Kier alpha value is -0.710. The van der Waals surface area contributed by atoms with Crippen LogP contribution in [0.4, 0.5) is 0 Å². The minimum absolute atomic E-state index is 0.000999. The fourth-order valence-electron chi connectivity index (χ4n) is 1.30. The van der Waals surface area contributed by atoms with Crippen molar-refractivity contribution in [2.45, 2.75) is 25.2 Å². The largest absolute Gasteiger partial charge is 0.396 e. The first-order valence-corrected chi connectivity index (χ1v) is 7.56. The molecule has 0 atom stereocenters. The normalized spacial score (nSPS) is 11.4. The van der Waals surface area contributed by atoms with Crippen LogP contribution >= 0.6 is 23.4 Å². The highest BCUT2D eigenvalue weighted by Crippen LogP contribution is 2.26. The third-order valence-electron chi connectivity index (χ3n) is 2.62. The minimum atomic E-state index is -0.272. The average Bonchev–Trinajstić information content (AvgIpc) is 2.39. The van der Waals surface area contributed by atoms with Crippen molar-refractivity contribution in [3.05, 3.63) is 29.3 Å². The Morgan fingerprint density at radius 3 is 2.74 bits per heavy atom. The van der Waals surface area contributed by atoms with Crippen molar-refractivity contribution in [1.82, 2.24) is 5.32 Å². The molecule has 3 nitrogen and oxygen atoms in total. The highest BCUT2D eigenvalue weighted by molar-refractivity contribution is 7.99. The van der Waals surface area contributed by atoms with Crippen LogP contribution in [0.3, 0.4) is 0 Å². The van der Waals surface area contributed by atoms with E-state index >= 15 is 0 Å². The van der Waals surface area contributed by atoms with Gasteiger partial charge in [-0.3, -0.25) is 4.79 Å². The number of hydrogen-bond donors (Lipinski definition) is 2. The molecule has 0 aliphatic rings. The van der Waals surface area contributed by atoms with Gasteiger partial charge in [0.25, 0.3) is 0 Å². The summed E-state index contributed by atoms with van der Waals surface area (Å²) >= 11 is 7.60. The lowest BCUT2D eigenvalue weighted by molar-refractivity contribution is -0.121. The third kappa shape index (κ3) is 6.32. The zero-order valence-corrected chi connectivity index (χ0v) is 12.9. The summed E-state index contributed by atoms with van der Waals surface area (Å²) in [5.74, 6) is 0.691. The highest BCUT2D eigenvalue weighted by Gasteiger charge is 2.17. The molecule has 0 heterocycles. The monoisotopic (exact) mass is 301 g/mol. The number of amides is 1. The fraction of sp³-hybridized carbons (Fsp3) is 0.500. The Labute approximate surface area is 123 Å². The van der Waals surface area contributed by atoms with E-state index in [0.29, 0.717) is 23.7 Å². The van der Waals surface area contributed by atoms with Gasteiger partial charge < -0.3 is 10.4 Å². The standard InChI is InChI=1S/C14H20ClNO2S/c1-14(2,10-17)9-16-13(18)7-8-19-12-6-4-3-5-11(12)15/h3-6,17H,7-10H2,1-2H3,(H,16,18). The van der Waals surface area contributed by atoms with Gasteiger partial charge in [-0.15, -0.1) is 11.8 Å². The zero-order chi connectivity index (χ0) is 14.3. The maximum absolute atomic E-state index is 11.6. The van der Waals surface area contributed by atoms with Crippen LogP contribution in [0.5, 0.6) is 0 Å². The van der Waals surface area contributed by atoms with Crippen molar-refractivity contribution in [3.63, 3.8) is 0 Å². The molecular weight excluding hydrogens is 282 g/mol. The molecule has 1 rings (SSSR count). The molecule has 5 heteroatoms. The summed E-state index contributed by atoms with van der Waals surface area (Å²) in [5.41, 5.74) is -0.272. The molecule has 0 radical (unpaired) electrons. The molecule has 106 valence electrons. The minimum Gasteiger partial charge on any atom is -0.396 e. The molecule has 0 bridgehead atoms. The smallest absolute Gasteiger partial charge is 0.220 e. The van der Waals surface area contributed by atoms with Crippen LogP contribution in [-0.4, -0.2) is 29.9 Å². The van der Waals surface area contributed by atoms with Gasteiger partial charge in [0.15, 0.2) is 0 Å². The average molecular weight is 302 g/mol. The summed E-state index contributed by atoms with van der Waals surface area (Å²) in [7, 11) is 0. The second-order valence-corrected chi connectivity index (χ2v) is 6.67. The van der Waals surface area contributed by atoms with Crippen LogP contribution in [0, 0.1) is 5.41 Å². The molecule has 19 heavy (non-hydrogen) atoms.